The molecule has 0 saturated heterocycles. The first-order valence-corrected chi connectivity index (χ1v) is 7.27. The summed E-state index contributed by atoms with van der Waals surface area (Å²) in [5.74, 6) is 0.225. The predicted molar refractivity (Wildman–Crippen MR) is 89.5 cm³/mol. The van der Waals surface area contributed by atoms with Crippen molar-refractivity contribution in [3.63, 3.8) is 0 Å². The molecule has 0 unspecified atom stereocenters. The molecule has 0 aliphatic rings. The Morgan fingerprint density at radius 3 is 2.42 bits per heavy atom. The van der Waals surface area contributed by atoms with E-state index in [1.807, 2.05) is 6.92 Å². The van der Waals surface area contributed by atoms with Gasteiger partial charge < -0.3 is 10.1 Å². The summed E-state index contributed by atoms with van der Waals surface area (Å²) in [7, 11) is 0. The summed E-state index contributed by atoms with van der Waals surface area (Å²) in [5, 5.41) is 4.85. The van der Waals surface area contributed by atoms with E-state index in [1.165, 1.54) is 24.3 Å². The van der Waals surface area contributed by atoms with Crippen LogP contribution >= 0.6 is 11.6 Å². The highest BCUT2D eigenvalue weighted by molar-refractivity contribution is 6.33. The minimum atomic E-state index is -4.71. The molecular weight excluding hydrogens is 341 g/mol. The highest BCUT2D eigenvalue weighted by atomic mass is 35.5. The van der Waals surface area contributed by atoms with E-state index in [0.29, 0.717) is 21.9 Å². The molecule has 2 aromatic rings. The van der Waals surface area contributed by atoms with E-state index in [1.54, 1.807) is 24.3 Å². The van der Waals surface area contributed by atoms with E-state index < -0.39 is 6.36 Å². The van der Waals surface area contributed by atoms with Crippen LogP contribution in [-0.2, 0) is 0 Å². The maximum atomic E-state index is 12.1. The van der Waals surface area contributed by atoms with Gasteiger partial charge in [0.15, 0.2) is 0 Å². The Balaban J connectivity index is 2.16. The third kappa shape index (κ3) is 5.31. The lowest BCUT2D eigenvalue weighted by atomic mass is 10.3. The van der Waals surface area contributed by atoms with E-state index in [0.717, 1.165) is 5.22 Å². The molecule has 0 saturated carbocycles. The fourth-order valence-electron chi connectivity index (χ4n) is 1.83. The first kappa shape index (κ1) is 17.9. The van der Waals surface area contributed by atoms with Crippen LogP contribution in [0.3, 0.4) is 0 Å². The molecule has 0 radical (unpaired) electrons. The average Bonchev–Trinajstić information content (AvgIpc) is 2.50. The second-order valence-electron chi connectivity index (χ2n) is 4.75. The van der Waals surface area contributed by atoms with Crippen LogP contribution in [0.2, 0.25) is 0 Å². The lowest BCUT2D eigenvalue weighted by Crippen LogP contribution is -2.26. The first-order valence-electron chi connectivity index (χ1n) is 6.89. The van der Waals surface area contributed by atoms with Gasteiger partial charge in [-0.25, -0.2) is 4.98 Å². The molecule has 126 valence electrons. The molecule has 0 amide bonds. The van der Waals surface area contributed by atoms with E-state index >= 15 is 0 Å². The van der Waals surface area contributed by atoms with Crippen LogP contribution in [0, 0.1) is 0 Å². The molecule has 0 fully saturated rings. The Kier molecular flexibility index (Phi) is 5.51. The Morgan fingerprint density at radius 1 is 1.21 bits per heavy atom. The second kappa shape index (κ2) is 7.40. The van der Waals surface area contributed by atoms with Gasteiger partial charge in [-0.1, -0.05) is 24.3 Å². The SMILES string of the molecule is C=c1nc(Nc2ccc(OC(F)(F)F)cc2)cc/c1=C/C(Cl)=C\C. The summed E-state index contributed by atoms with van der Waals surface area (Å²) in [6.45, 7) is 5.67. The van der Waals surface area contributed by atoms with Gasteiger partial charge in [0, 0.05) is 15.9 Å². The van der Waals surface area contributed by atoms with Gasteiger partial charge in [-0.3, -0.25) is 0 Å². The number of hydrogen-bond donors (Lipinski definition) is 1. The molecule has 24 heavy (non-hydrogen) atoms. The van der Waals surface area contributed by atoms with E-state index in [2.05, 4.69) is 21.6 Å². The summed E-state index contributed by atoms with van der Waals surface area (Å²) >= 11 is 5.94. The fourth-order valence-corrected chi connectivity index (χ4v) is 1.95. The Labute approximate surface area is 141 Å². The number of alkyl halides is 3. The summed E-state index contributed by atoms with van der Waals surface area (Å²) in [6.07, 6.45) is -1.22. The molecular formula is C17H14ClF3N2O. The molecule has 1 aromatic carbocycles. The molecule has 7 heteroatoms. The van der Waals surface area contributed by atoms with Gasteiger partial charge in [0.2, 0.25) is 0 Å². The highest BCUT2D eigenvalue weighted by Crippen LogP contribution is 2.24. The number of halogens is 4. The smallest absolute Gasteiger partial charge is 0.406 e. The monoisotopic (exact) mass is 354 g/mol. The van der Waals surface area contributed by atoms with E-state index in [4.69, 9.17) is 11.6 Å². The Morgan fingerprint density at radius 2 is 1.88 bits per heavy atom. The standard InChI is InChI=1S/C17H14ClF3N2O/c1-3-13(18)10-12-4-9-16(22-11(12)2)23-14-5-7-15(8-6-14)24-17(19,20)21/h3-10H,2H2,1H3,(H,22,23)/b12-10-,13-3+. The number of aromatic nitrogens is 1. The molecule has 1 aromatic heterocycles. The zero-order valence-electron chi connectivity index (χ0n) is 12.7. The minimum absolute atomic E-state index is 0.287. The Bertz CT molecular complexity index is 846. The average molecular weight is 355 g/mol. The van der Waals surface area contributed by atoms with Crippen LogP contribution in [0.15, 0.2) is 47.5 Å². The maximum Gasteiger partial charge on any atom is 0.573 e. The molecule has 2 rings (SSSR count). The lowest BCUT2D eigenvalue weighted by molar-refractivity contribution is -0.274. The molecule has 0 aliphatic heterocycles. The van der Waals surface area contributed by atoms with Gasteiger partial charge in [0.1, 0.15) is 11.6 Å². The number of benzene rings is 1. The van der Waals surface area contributed by atoms with Gasteiger partial charge in [-0.05, 0) is 49.4 Å². The van der Waals surface area contributed by atoms with Gasteiger partial charge in [-0.2, -0.15) is 0 Å². The number of anilines is 2. The third-order valence-corrected chi connectivity index (χ3v) is 3.27. The van der Waals surface area contributed by atoms with Crippen molar-refractivity contribution in [2.24, 2.45) is 0 Å². The van der Waals surface area contributed by atoms with Crippen molar-refractivity contribution in [2.75, 3.05) is 5.32 Å². The first-order chi connectivity index (χ1) is 11.3. The van der Waals surface area contributed by atoms with Crippen molar-refractivity contribution in [1.29, 1.82) is 0 Å². The largest absolute Gasteiger partial charge is 0.573 e. The molecule has 3 nitrogen and oxygen atoms in total. The number of nitrogens with zero attached hydrogens (tertiary/aromatic N) is 1. The highest BCUT2D eigenvalue weighted by Gasteiger charge is 2.30. The molecule has 1 N–H and O–H groups in total. The number of allylic oxidation sites excluding steroid dienone is 2. The molecule has 0 spiro atoms. The molecule has 0 aliphatic carbocycles. The normalized spacial score (nSPS) is 13.0. The second-order valence-corrected chi connectivity index (χ2v) is 5.18. The lowest BCUT2D eigenvalue weighted by Gasteiger charge is -2.10. The number of nitrogens with one attached hydrogen (secondary N) is 1. The Hall–Kier alpha value is -2.47. The summed E-state index contributed by atoms with van der Waals surface area (Å²) in [6, 6.07) is 8.87. The van der Waals surface area contributed by atoms with Crippen LogP contribution in [0.4, 0.5) is 24.7 Å². The van der Waals surface area contributed by atoms with Gasteiger partial charge in [-0.15, -0.1) is 13.2 Å². The summed E-state index contributed by atoms with van der Waals surface area (Å²) < 4.78 is 40.2. The van der Waals surface area contributed by atoms with Crippen LogP contribution in [-0.4, -0.2) is 11.3 Å². The van der Waals surface area contributed by atoms with Crippen molar-refractivity contribution >= 4 is 35.8 Å². The molecule has 0 atom stereocenters. The molecule has 1 heterocycles. The van der Waals surface area contributed by atoms with Crippen LogP contribution < -0.4 is 20.6 Å². The van der Waals surface area contributed by atoms with Crippen LogP contribution in [0.5, 0.6) is 5.75 Å². The topological polar surface area (TPSA) is 34.2 Å². The molecule has 0 bridgehead atoms. The zero-order chi connectivity index (χ0) is 17.7. The predicted octanol–water partition coefficient (Wildman–Crippen LogP) is 4.06. The van der Waals surface area contributed by atoms with Crippen LogP contribution in [0.1, 0.15) is 6.92 Å². The summed E-state index contributed by atoms with van der Waals surface area (Å²) in [4.78, 5) is 4.29. The number of hydrogen-bond acceptors (Lipinski definition) is 3. The zero-order valence-corrected chi connectivity index (χ0v) is 13.4. The fraction of sp³-hybridized carbons (Fsp3) is 0.118. The van der Waals surface area contributed by atoms with E-state index in [9.17, 15) is 13.2 Å². The van der Waals surface area contributed by atoms with E-state index in [-0.39, 0.29) is 5.75 Å². The maximum absolute atomic E-state index is 12.1. The van der Waals surface area contributed by atoms with Crippen molar-refractivity contribution < 1.29 is 17.9 Å². The van der Waals surface area contributed by atoms with Crippen molar-refractivity contribution in [3.05, 3.63) is 58.1 Å². The quantitative estimate of drug-likeness (QED) is 0.899. The van der Waals surface area contributed by atoms with Crippen LogP contribution in [0.25, 0.3) is 12.7 Å². The minimum Gasteiger partial charge on any atom is -0.406 e. The number of rotatable bonds is 4. The van der Waals surface area contributed by atoms with Crippen molar-refractivity contribution in [2.45, 2.75) is 13.3 Å². The van der Waals surface area contributed by atoms with Gasteiger partial charge in [0.05, 0.1) is 5.35 Å². The third-order valence-electron chi connectivity index (χ3n) is 2.94. The number of ether oxygens (including phenoxy) is 1. The van der Waals surface area contributed by atoms with Gasteiger partial charge >= 0.3 is 6.36 Å². The summed E-state index contributed by atoms with van der Waals surface area (Å²) in [5.41, 5.74) is 0.569. The van der Waals surface area contributed by atoms with Crippen molar-refractivity contribution in [3.8, 4) is 5.75 Å². The number of pyridine rings is 1. The van der Waals surface area contributed by atoms with Gasteiger partial charge in [0.25, 0.3) is 0 Å². The van der Waals surface area contributed by atoms with Crippen molar-refractivity contribution in [1.82, 2.24) is 4.98 Å².